The van der Waals surface area contributed by atoms with Crippen LogP contribution in [0.2, 0.25) is 25.7 Å². The second kappa shape index (κ2) is 10.4. The van der Waals surface area contributed by atoms with Crippen molar-refractivity contribution in [2.75, 3.05) is 6.54 Å². The van der Waals surface area contributed by atoms with Crippen LogP contribution in [0.15, 0.2) is 84.9 Å². The van der Waals surface area contributed by atoms with E-state index in [1.54, 1.807) is 0 Å². The van der Waals surface area contributed by atoms with Gasteiger partial charge >= 0.3 is 0 Å². The summed E-state index contributed by atoms with van der Waals surface area (Å²) in [4.78, 5) is 2.55. The smallest absolute Gasteiger partial charge is 0.0672 e. The Morgan fingerprint density at radius 3 is 2.03 bits per heavy atom. The summed E-state index contributed by atoms with van der Waals surface area (Å²) in [5, 5.41) is 15.3. The van der Waals surface area contributed by atoms with Crippen molar-refractivity contribution in [3.63, 3.8) is 0 Å². The van der Waals surface area contributed by atoms with E-state index in [4.69, 9.17) is 0 Å². The summed E-state index contributed by atoms with van der Waals surface area (Å²) in [5.74, 6) is 0. The van der Waals surface area contributed by atoms with Gasteiger partial charge in [-0.3, -0.25) is 4.90 Å². The van der Waals surface area contributed by atoms with E-state index in [9.17, 15) is 5.11 Å². The minimum Gasteiger partial charge on any atom is -0.392 e. The summed E-state index contributed by atoms with van der Waals surface area (Å²) in [6.45, 7) is 9.08. The van der Waals surface area contributed by atoms with Crippen LogP contribution in [0.25, 0.3) is 0 Å². The molecule has 1 aliphatic rings. The first-order chi connectivity index (χ1) is 15.4. The Morgan fingerprint density at radius 2 is 1.44 bits per heavy atom. The van der Waals surface area contributed by atoms with Gasteiger partial charge in [-0.25, -0.2) is 0 Å². The summed E-state index contributed by atoms with van der Waals surface area (Å²) >= 11 is 0. The fraction of sp³-hybridized carbons (Fsp3) is 0.357. The van der Waals surface area contributed by atoms with E-state index in [0.717, 1.165) is 25.6 Å². The molecule has 0 radical (unpaired) electrons. The number of aliphatic hydroxyl groups excluding tert-OH is 1. The molecule has 2 nitrogen and oxygen atoms in total. The van der Waals surface area contributed by atoms with Crippen molar-refractivity contribution in [1.82, 2.24) is 4.90 Å². The average Bonchev–Trinajstić information content (AvgIpc) is 3.24. The number of rotatable bonds is 8. The van der Waals surface area contributed by atoms with Crippen molar-refractivity contribution in [2.24, 2.45) is 0 Å². The topological polar surface area (TPSA) is 23.5 Å². The minimum atomic E-state index is -1.30. The largest absolute Gasteiger partial charge is 0.392 e. The van der Waals surface area contributed by atoms with Crippen molar-refractivity contribution in [1.29, 1.82) is 0 Å². The number of nitrogens with zero attached hydrogens (tertiary/aromatic N) is 1. The molecule has 0 aromatic heterocycles. The second-order valence-corrected chi connectivity index (χ2v) is 17.9. The molecule has 0 saturated carbocycles. The Balaban J connectivity index is 1.66. The van der Waals surface area contributed by atoms with Crippen LogP contribution in [0.3, 0.4) is 0 Å². The first-order valence-electron chi connectivity index (χ1n) is 11.8. The highest BCUT2D eigenvalue weighted by Gasteiger charge is 2.34. The highest BCUT2D eigenvalue weighted by Crippen LogP contribution is 2.35. The molecule has 0 spiro atoms. The average molecular weight is 462 g/mol. The molecular weight excluding hydrogens is 425 g/mol. The molecule has 2 atom stereocenters. The van der Waals surface area contributed by atoms with Crippen molar-refractivity contribution in [3.8, 4) is 0 Å². The number of likely N-dealkylation sites (tertiary alicyclic amines) is 1. The van der Waals surface area contributed by atoms with Crippen LogP contribution in [-0.4, -0.2) is 36.8 Å². The number of hydrogen-bond donors (Lipinski definition) is 1. The first kappa shape index (κ1) is 23.4. The van der Waals surface area contributed by atoms with Gasteiger partial charge in [0.05, 0.1) is 6.10 Å². The van der Waals surface area contributed by atoms with E-state index in [1.165, 1.54) is 27.9 Å². The zero-order valence-corrected chi connectivity index (χ0v) is 21.5. The molecule has 3 aromatic carbocycles. The van der Waals surface area contributed by atoms with Crippen molar-refractivity contribution in [3.05, 3.63) is 90.5 Å². The molecule has 168 valence electrons. The van der Waals surface area contributed by atoms with E-state index in [1.807, 2.05) is 0 Å². The zero-order chi connectivity index (χ0) is 22.6. The summed E-state index contributed by atoms with van der Waals surface area (Å²) in [7, 11) is -1.92. The van der Waals surface area contributed by atoms with Crippen LogP contribution in [-0.2, 0) is 6.54 Å². The quantitative estimate of drug-likeness (QED) is 0.372. The molecule has 3 aromatic rings. The van der Waals surface area contributed by atoms with E-state index >= 15 is 0 Å². The first-order valence-corrected chi connectivity index (χ1v) is 16.9. The predicted octanol–water partition coefficient (Wildman–Crippen LogP) is 5.11. The van der Waals surface area contributed by atoms with E-state index < -0.39 is 16.0 Å². The maximum absolute atomic E-state index is 11.1. The van der Waals surface area contributed by atoms with Crippen LogP contribution in [0.5, 0.6) is 0 Å². The van der Waals surface area contributed by atoms with Gasteiger partial charge in [-0.2, -0.15) is 0 Å². The molecule has 32 heavy (non-hydrogen) atoms. The second-order valence-electron chi connectivity index (χ2n) is 10.1. The van der Waals surface area contributed by atoms with Gasteiger partial charge in [0.25, 0.3) is 0 Å². The van der Waals surface area contributed by atoms with Gasteiger partial charge in [-0.05, 0) is 54.8 Å². The SMILES string of the molecule is C[Si](C)(C)C[C@@H](O)[C@@H]1CCCN1Cc1ccccc1P(c1ccccc1)c1ccccc1. The van der Waals surface area contributed by atoms with Crippen molar-refractivity contribution >= 4 is 31.9 Å². The third-order valence-electron chi connectivity index (χ3n) is 6.31. The normalized spacial score (nSPS) is 18.2. The molecule has 0 aliphatic carbocycles. The molecule has 1 saturated heterocycles. The Kier molecular flexibility index (Phi) is 7.63. The van der Waals surface area contributed by atoms with Gasteiger partial charge in [0.2, 0.25) is 0 Å². The predicted molar refractivity (Wildman–Crippen MR) is 143 cm³/mol. The van der Waals surface area contributed by atoms with E-state index in [-0.39, 0.29) is 12.1 Å². The fourth-order valence-electron chi connectivity index (χ4n) is 4.91. The third-order valence-corrected chi connectivity index (χ3v) is 10.5. The lowest BCUT2D eigenvalue weighted by Crippen LogP contribution is -2.42. The van der Waals surface area contributed by atoms with E-state index in [2.05, 4.69) is 109 Å². The summed E-state index contributed by atoms with van der Waals surface area (Å²) in [6, 6.07) is 32.1. The summed E-state index contributed by atoms with van der Waals surface area (Å²) < 4.78 is 0. The van der Waals surface area contributed by atoms with Crippen LogP contribution in [0.1, 0.15) is 18.4 Å². The Bertz CT molecular complexity index is 950. The van der Waals surface area contributed by atoms with Gasteiger partial charge in [0, 0.05) is 20.7 Å². The zero-order valence-electron chi connectivity index (χ0n) is 19.6. The van der Waals surface area contributed by atoms with Gasteiger partial charge < -0.3 is 5.11 Å². The van der Waals surface area contributed by atoms with E-state index in [0.29, 0.717) is 0 Å². The van der Waals surface area contributed by atoms with Gasteiger partial charge in [0.15, 0.2) is 0 Å². The summed E-state index contributed by atoms with van der Waals surface area (Å²) in [6.07, 6.45) is 2.09. The molecular formula is C28H36NOPSi. The maximum atomic E-state index is 11.1. The molecule has 1 fully saturated rings. The lowest BCUT2D eigenvalue weighted by molar-refractivity contribution is 0.0819. The summed E-state index contributed by atoms with van der Waals surface area (Å²) in [5.41, 5.74) is 1.40. The van der Waals surface area contributed by atoms with Crippen molar-refractivity contribution < 1.29 is 5.11 Å². The van der Waals surface area contributed by atoms with Crippen molar-refractivity contribution in [2.45, 2.75) is 57.2 Å². The molecule has 1 N–H and O–H groups in total. The molecule has 1 heterocycles. The van der Waals surface area contributed by atoms with Gasteiger partial charge in [-0.15, -0.1) is 0 Å². The highest BCUT2D eigenvalue weighted by atomic mass is 31.1. The number of hydrogen-bond acceptors (Lipinski definition) is 2. The lowest BCUT2D eigenvalue weighted by Gasteiger charge is -2.32. The van der Waals surface area contributed by atoms with Gasteiger partial charge in [-0.1, -0.05) is 105 Å². The van der Waals surface area contributed by atoms with Crippen LogP contribution < -0.4 is 15.9 Å². The Hall–Kier alpha value is -1.77. The Morgan fingerprint density at radius 1 is 0.875 bits per heavy atom. The molecule has 4 rings (SSSR count). The Labute approximate surface area is 196 Å². The molecule has 0 unspecified atom stereocenters. The van der Waals surface area contributed by atoms with Crippen LogP contribution in [0.4, 0.5) is 0 Å². The third kappa shape index (κ3) is 5.77. The van der Waals surface area contributed by atoms with Crippen LogP contribution >= 0.6 is 7.92 Å². The highest BCUT2D eigenvalue weighted by molar-refractivity contribution is 7.79. The molecule has 0 amide bonds. The minimum absolute atomic E-state index is 0.207. The van der Waals surface area contributed by atoms with Crippen LogP contribution in [0, 0.1) is 0 Å². The standard InChI is InChI=1S/C28H36NOPSi/c1-32(2,3)22-27(30)26-18-12-20-29(26)21-23-13-10-11-19-28(23)31(24-14-6-4-7-15-24)25-16-8-5-9-17-25/h4-11,13-17,19,26-27,30H,12,18,20-22H2,1-3H3/t26-,27+/m0/s1. The fourth-order valence-corrected chi connectivity index (χ4v) is 8.90. The molecule has 0 bridgehead atoms. The molecule has 4 heteroatoms. The number of benzene rings is 3. The maximum Gasteiger partial charge on any atom is 0.0672 e. The van der Waals surface area contributed by atoms with Gasteiger partial charge in [0.1, 0.15) is 0 Å². The molecule has 1 aliphatic heterocycles. The monoisotopic (exact) mass is 461 g/mol. The number of aliphatic hydroxyl groups is 1. The lowest BCUT2D eigenvalue weighted by atomic mass is 10.1.